The number of pyridine rings is 1. The number of nitrogens with zero attached hydrogens (tertiary/aromatic N) is 4. The number of piperidine rings is 1. The molecule has 2 unspecified atom stereocenters. The first kappa shape index (κ1) is 26.8. The van der Waals surface area contributed by atoms with Crippen LogP contribution in [0.5, 0.6) is 11.6 Å². The number of carboxylic acids is 1. The molecule has 2 aliphatic heterocycles. The molecule has 2 aromatic rings. The van der Waals surface area contributed by atoms with Gasteiger partial charge < -0.3 is 19.5 Å². The summed E-state index contributed by atoms with van der Waals surface area (Å²) in [6, 6.07) is 7.40. The van der Waals surface area contributed by atoms with Gasteiger partial charge in [0.2, 0.25) is 5.88 Å². The van der Waals surface area contributed by atoms with Gasteiger partial charge in [0, 0.05) is 37.4 Å². The third-order valence-corrected chi connectivity index (χ3v) is 7.08. The molecular formula is C25H28ClF3N4O4. The summed E-state index contributed by atoms with van der Waals surface area (Å²) in [6.07, 6.45) is -2.88. The first-order valence-electron chi connectivity index (χ1n) is 11.9. The van der Waals surface area contributed by atoms with Crippen molar-refractivity contribution < 1.29 is 32.5 Å². The van der Waals surface area contributed by atoms with Gasteiger partial charge in [-0.05, 0) is 24.3 Å². The molecule has 1 aromatic carbocycles. The van der Waals surface area contributed by atoms with Gasteiger partial charge in [0.05, 0.1) is 42.2 Å². The molecule has 0 amide bonds. The van der Waals surface area contributed by atoms with Gasteiger partial charge in [0.25, 0.3) is 0 Å². The predicted octanol–water partition coefficient (Wildman–Crippen LogP) is 5.26. The van der Waals surface area contributed by atoms with E-state index in [-0.39, 0.29) is 12.0 Å². The molecule has 1 aromatic heterocycles. The third kappa shape index (κ3) is 5.87. The zero-order chi connectivity index (χ0) is 26.9. The Morgan fingerprint density at radius 1 is 1.24 bits per heavy atom. The standard InChI is InChI=1S/C25H28ClF3N4O4/c1-14-13-32(20-10-22(36-3)30-12-18(20)26)9-8-21(14)37-17-6-4-16(5-7-17)33-19(11-23(34)35)15(2)24(31-33)25(27,28)29/h4-7,10,12,14-15,19,21H,8-9,11,13H2,1-3H3,(H,34,35)/t14?,15-,19-,21?/m0/s1. The van der Waals surface area contributed by atoms with E-state index in [1.807, 2.05) is 0 Å². The summed E-state index contributed by atoms with van der Waals surface area (Å²) in [4.78, 5) is 17.6. The van der Waals surface area contributed by atoms with Crippen LogP contribution in [0.15, 0.2) is 41.6 Å². The summed E-state index contributed by atoms with van der Waals surface area (Å²) in [7, 11) is 1.55. The van der Waals surface area contributed by atoms with Crippen LogP contribution >= 0.6 is 11.6 Å². The lowest BCUT2D eigenvalue weighted by Gasteiger charge is -2.38. The second-order valence-electron chi connectivity index (χ2n) is 9.32. The molecule has 1 saturated heterocycles. The van der Waals surface area contributed by atoms with Gasteiger partial charge in [-0.3, -0.25) is 9.80 Å². The fourth-order valence-corrected chi connectivity index (χ4v) is 5.04. The molecule has 4 atom stereocenters. The summed E-state index contributed by atoms with van der Waals surface area (Å²) >= 11 is 6.35. The summed E-state index contributed by atoms with van der Waals surface area (Å²) in [5, 5.41) is 14.7. The minimum absolute atomic E-state index is 0.0778. The van der Waals surface area contributed by atoms with Crippen LogP contribution in [0, 0.1) is 11.8 Å². The number of aliphatic carboxylic acids is 1. The number of hydrogen-bond acceptors (Lipinski definition) is 7. The highest BCUT2D eigenvalue weighted by atomic mass is 35.5. The maximum atomic E-state index is 13.4. The van der Waals surface area contributed by atoms with E-state index in [9.17, 15) is 23.1 Å². The normalized spacial score (nSPS) is 24.1. The maximum Gasteiger partial charge on any atom is 0.431 e. The number of alkyl halides is 3. The molecule has 0 saturated carbocycles. The van der Waals surface area contributed by atoms with E-state index in [4.69, 9.17) is 21.1 Å². The van der Waals surface area contributed by atoms with Crippen molar-refractivity contribution in [1.29, 1.82) is 0 Å². The van der Waals surface area contributed by atoms with Crippen molar-refractivity contribution >= 4 is 34.7 Å². The third-order valence-electron chi connectivity index (χ3n) is 6.79. The van der Waals surface area contributed by atoms with E-state index in [0.29, 0.717) is 35.4 Å². The van der Waals surface area contributed by atoms with Crippen LogP contribution in [-0.4, -0.2) is 60.3 Å². The zero-order valence-corrected chi connectivity index (χ0v) is 21.3. The van der Waals surface area contributed by atoms with Crippen LogP contribution in [0.25, 0.3) is 0 Å². The number of hydrogen-bond donors (Lipinski definition) is 1. The van der Waals surface area contributed by atoms with Gasteiger partial charge in [-0.25, -0.2) is 4.98 Å². The van der Waals surface area contributed by atoms with E-state index < -0.39 is 36.2 Å². The molecule has 3 heterocycles. The Hall–Kier alpha value is -3.21. The molecule has 0 aliphatic carbocycles. The highest BCUT2D eigenvalue weighted by Gasteiger charge is 2.48. The monoisotopic (exact) mass is 540 g/mol. The zero-order valence-electron chi connectivity index (χ0n) is 20.6. The van der Waals surface area contributed by atoms with Crippen LogP contribution in [0.1, 0.15) is 26.7 Å². The summed E-state index contributed by atoms with van der Waals surface area (Å²) in [6.45, 7) is 4.83. The van der Waals surface area contributed by atoms with E-state index in [1.54, 1.807) is 43.6 Å². The second kappa shape index (κ2) is 10.6. The number of carbonyl (C=O) groups is 1. The highest BCUT2D eigenvalue weighted by molar-refractivity contribution is 6.33. The number of halogens is 4. The van der Waals surface area contributed by atoms with Crippen molar-refractivity contribution in [3.8, 4) is 11.6 Å². The van der Waals surface area contributed by atoms with E-state index in [1.165, 1.54) is 6.92 Å². The minimum Gasteiger partial charge on any atom is -0.490 e. The number of ether oxygens (including phenoxy) is 2. The largest absolute Gasteiger partial charge is 0.490 e. The summed E-state index contributed by atoms with van der Waals surface area (Å²) in [5.74, 6) is -1.06. The Bertz CT molecular complexity index is 1160. The van der Waals surface area contributed by atoms with E-state index >= 15 is 0 Å². The van der Waals surface area contributed by atoms with Crippen molar-refractivity contribution in [3.63, 3.8) is 0 Å². The lowest BCUT2D eigenvalue weighted by atomic mass is 9.94. The molecule has 1 N–H and O–H groups in total. The summed E-state index contributed by atoms with van der Waals surface area (Å²) < 4.78 is 51.7. The van der Waals surface area contributed by atoms with Crippen molar-refractivity contribution in [2.45, 2.75) is 45.0 Å². The van der Waals surface area contributed by atoms with Crippen LogP contribution in [-0.2, 0) is 4.79 Å². The fraction of sp³-hybridized carbons (Fsp3) is 0.480. The number of rotatable bonds is 7. The van der Waals surface area contributed by atoms with Crippen molar-refractivity contribution in [1.82, 2.24) is 4.98 Å². The predicted molar refractivity (Wildman–Crippen MR) is 134 cm³/mol. The maximum absolute atomic E-state index is 13.4. The molecule has 0 bridgehead atoms. The Labute approximate surface area is 217 Å². The SMILES string of the molecule is COc1cc(N2CCC(Oc3ccc(N4N=C(C(F)(F)F)[C@@H](C)[C@@H]4CC(=O)O)cc3)C(C)C2)c(Cl)cn1. The number of methoxy groups -OCH3 is 1. The fourth-order valence-electron chi connectivity index (χ4n) is 4.82. The molecule has 12 heteroatoms. The minimum atomic E-state index is -4.63. The van der Waals surface area contributed by atoms with Crippen LogP contribution in [0.4, 0.5) is 24.5 Å². The number of anilines is 2. The summed E-state index contributed by atoms with van der Waals surface area (Å²) in [5.41, 5.74) is 0.234. The van der Waals surface area contributed by atoms with Gasteiger partial charge >= 0.3 is 12.1 Å². The van der Waals surface area contributed by atoms with Gasteiger partial charge in [-0.2, -0.15) is 18.3 Å². The topological polar surface area (TPSA) is 87.5 Å². The van der Waals surface area contributed by atoms with Gasteiger partial charge in [0.1, 0.15) is 17.6 Å². The first-order chi connectivity index (χ1) is 17.5. The molecule has 2 aliphatic rings. The highest BCUT2D eigenvalue weighted by Crippen LogP contribution is 2.37. The van der Waals surface area contributed by atoms with E-state index in [0.717, 1.165) is 17.1 Å². The van der Waals surface area contributed by atoms with Gasteiger partial charge in [-0.1, -0.05) is 25.4 Å². The average Bonchev–Trinajstić information content (AvgIpc) is 3.17. The molecule has 8 nitrogen and oxygen atoms in total. The second-order valence-corrected chi connectivity index (χ2v) is 9.73. The number of carboxylic acid groups (broad SMARTS) is 1. The quantitative estimate of drug-likeness (QED) is 0.513. The Morgan fingerprint density at radius 3 is 2.54 bits per heavy atom. The Kier molecular flexibility index (Phi) is 7.72. The average molecular weight is 541 g/mol. The van der Waals surface area contributed by atoms with Crippen molar-refractivity contribution in [3.05, 3.63) is 41.6 Å². The molecule has 37 heavy (non-hydrogen) atoms. The molecule has 0 spiro atoms. The van der Waals surface area contributed by atoms with Gasteiger partial charge in [-0.15, -0.1) is 0 Å². The van der Waals surface area contributed by atoms with Crippen LogP contribution in [0.3, 0.4) is 0 Å². The van der Waals surface area contributed by atoms with Gasteiger partial charge in [0.15, 0.2) is 0 Å². The molecule has 200 valence electrons. The Balaban J connectivity index is 1.44. The van der Waals surface area contributed by atoms with Crippen LogP contribution < -0.4 is 19.4 Å². The number of hydrazone groups is 1. The van der Waals surface area contributed by atoms with Crippen molar-refractivity contribution in [2.75, 3.05) is 30.1 Å². The lowest BCUT2D eigenvalue weighted by molar-refractivity contribution is -0.137. The molecule has 1 fully saturated rings. The molecular weight excluding hydrogens is 513 g/mol. The molecule has 4 rings (SSSR count). The number of benzene rings is 1. The van der Waals surface area contributed by atoms with E-state index in [2.05, 4.69) is 21.9 Å². The molecule has 0 radical (unpaired) electrons. The van der Waals surface area contributed by atoms with Crippen molar-refractivity contribution in [2.24, 2.45) is 16.9 Å². The first-order valence-corrected chi connectivity index (χ1v) is 12.2. The van der Waals surface area contributed by atoms with Crippen LogP contribution in [0.2, 0.25) is 5.02 Å². The Morgan fingerprint density at radius 2 is 1.95 bits per heavy atom. The lowest BCUT2D eigenvalue weighted by Crippen LogP contribution is -2.44. The smallest absolute Gasteiger partial charge is 0.431 e. The number of aromatic nitrogens is 1.